The molecule has 0 aliphatic heterocycles. The molecular weight excluding hydrogens is 238 g/mol. The summed E-state index contributed by atoms with van der Waals surface area (Å²) in [4.78, 5) is 14.4. The molecule has 0 radical (unpaired) electrons. The van der Waals surface area contributed by atoms with Crippen LogP contribution in [0.25, 0.3) is 10.9 Å². The molecule has 0 saturated carbocycles. The van der Waals surface area contributed by atoms with Crippen LogP contribution in [0.4, 0.5) is 0 Å². The highest BCUT2D eigenvalue weighted by molar-refractivity contribution is 6.05. The van der Waals surface area contributed by atoms with Gasteiger partial charge in [-0.15, -0.1) is 0 Å². The number of nitrogens with zero attached hydrogens (tertiary/aromatic N) is 2. The van der Waals surface area contributed by atoms with Crippen molar-refractivity contribution in [3.8, 4) is 0 Å². The molecule has 1 atom stereocenters. The molecule has 19 heavy (non-hydrogen) atoms. The van der Waals surface area contributed by atoms with Crippen molar-refractivity contribution in [1.82, 2.24) is 15.1 Å². The minimum absolute atomic E-state index is 0.0253. The molecule has 102 valence electrons. The predicted octanol–water partition coefficient (Wildman–Crippen LogP) is 3.07. The summed E-state index contributed by atoms with van der Waals surface area (Å²) < 4.78 is 0. The van der Waals surface area contributed by atoms with Gasteiger partial charge >= 0.3 is 0 Å². The maximum Gasteiger partial charge on any atom is 0.256 e. The lowest BCUT2D eigenvalue weighted by Gasteiger charge is -2.35. The topological polar surface area (TPSA) is 49.0 Å². The van der Waals surface area contributed by atoms with E-state index in [9.17, 15) is 4.79 Å². The number of fused-ring (bicyclic) bond motifs is 1. The van der Waals surface area contributed by atoms with Gasteiger partial charge in [0.2, 0.25) is 0 Å². The van der Waals surface area contributed by atoms with Gasteiger partial charge < -0.3 is 4.90 Å². The molecule has 1 N–H and O–H groups in total. The van der Waals surface area contributed by atoms with E-state index in [4.69, 9.17) is 0 Å². The summed E-state index contributed by atoms with van der Waals surface area (Å²) in [7, 11) is 1.85. The molecule has 0 aliphatic rings. The van der Waals surface area contributed by atoms with E-state index in [1.54, 1.807) is 11.1 Å². The van der Waals surface area contributed by atoms with Gasteiger partial charge in [-0.05, 0) is 18.4 Å². The molecule has 1 aromatic heterocycles. The van der Waals surface area contributed by atoms with Crippen molar-refractivity contribution in [2.24, 2.45) is 5.41 Å². The van der Waals surface area contributed by atoms with E-state index in [0.29, 0.717) is 5.56 Å². The predicted molar refractivity (Wildman–Crippen MR) is 77.1 cm³/mol. The van der Waals surface area contributed by atoms with Crippen molar-refractivity contribution in [3.63, 3.8) is 0 Å². The van der Waals surface area contributed by atoms with E-state index in [1.807, 2.05) is 25.2 Å². The minimum Gasteiger partial charge on any atom is -0.338 e. The largest absolute Gasteiger partial charge is 0.338 e. The Kier molecular flexibility index (Phi) is 3.35. The first-order chi connectivity index (χ1) is 8.82. The van der Waals surface area contributed by atoms with Gasteiger partial charge in [0.1, 0.15) is 0 Å². The Morgan fingerprint density at radius 3 is 2.68 bits per heavy atom. The fourth-order valence-electron chi connectivity index (χ4n) is 2.09. The van der Waals surface area contributed by atoms with Crippen LogP contribution >= 0.6 is 0 Å². The average Bonchev–Trinajstić information content (AvgIpc) is 2.82. The van der Waals surface area contributed by atoms with E-state index in [1.165, 1.54) is 0 Å². The number of hydrogen-bond donors (Lipinski definition) is 1. The number of carbonyl (C=O) groups is 1. The zero-order valence-electron chi connectivity index (χ0n) is 12.2. The van der Waals surface area contributed by atoms with E-state index in [0.717, 1.165) is 10.9 Å². The van der Waals surface area contributed by atoms with Gasteiger partial charge in [0.15, 0.2) is 0 Å². The molecule has 1 heterocycles. The van der Waals surface area contributed by atoms with Crippen molar-refractivity contribution in [2.45, 2.75) is 33.7 Å². The number of amides is 1. The average molecular weight is 259 g/mol. The smallest absolute Gasteiger partial charge is 0.256 e. The second-order valence-electron chi connectivity index (χ2n) is 6.10. The number of benzene rings is 1. The summed E-state index contributed by atoms with van der Waals surface area (Å²) in [6.07, 6.45) is 1.74. The quantitative estimate of drug-likeness (QED) is 0.901. The zero-order chi connectivity index (χ0) is 14.2. The number of nitrogens with one attached hydrogen (secondary N) is 1. The van der Waals surface area contributed by atoms with Crippen molar-refractivity contribution >= 4 is 16.8 Å². The lowest BCUT2D eigenvalue weighted by atomic mass is 9.87. The second-order valence-corrected chi connectivity index (χ2v) is 6.10. The van der Waals surface area contributed by atoms with Gasteiger partial charge in [0.05, 0.1) is 17.3 Å². The van der Waals surface area contributed by atoms with Crippen LogP contribution in [0, 0.1) is 5.41 Å². The van der Waals surface area contributed by atoms with Crippen LogP contribution in [0.15, 0.2) is 24.4 Å². The highest BCUT2D eigenvalue weighted by Gasteiger charge is 2.28. The summed E-state index contributed by atoms with van der Waals surface area (Å²) in [5.41, 5.74) is 1.53. The summed E-state index contributed by atoms with van der Waals surface area (Å²) in [5.74, 6) is 0.0253. The van der Waals surface area contributed by atoms with Crippen LogP contribution in [-0.2, 0) is 0 Å². The molecule has 0 saturated heterocycles. The Bertz CT molecular complexity index is 595. The Balaban J connectivity index is 2.37. The lowest BCUT2D eigenvalue weighted by Crippen LogP contribution is -2.43. The van der Waals surface area contributed by atoms with E-state index >= 15 is 0 Å². The number of aromatic nitrogens is 2. The SMILES string of the molecule is C[C@H](N(C)C(=O)c1cccc2cn[nH]c12)C(C)(C)C. The fraction of sp³-hybridized carbons (Fsp3) is 0.467. The number of hydrogen-bond acceptors (Lipinski definition) is 2. The van der Waals surface area contributed by atoms with E-state index in [2.05, 4.69) is 37.9 Å². The molecule has 2 aromatic rings. The number of H-pyrrole nitrogens is 1. The summed E-state index contributed by atoms with van der Waals surface area (Å²) in [6, 6.07) is 5.83. The first-order valence-corrected chi connectivity index (χ1v) is 6.51. The Morgan fingerprint density at radius 1 is 1.37 bits per heavy atom. The number of rotatable bonds is 2. The van der Waals surface area contributed by atoms with Gasteiger partial charge in [-0.3, -0.25) is 9.89 Å². The van der Waals surface area contributed by atoms with E-state index < -0.39 is 0 Å². The van der Waals surface area contributed by atoms with Gasteiger partial charge in [-0.1, -0.05) is 32.9 Å². The highest BCUT2D eigenvalue weighted by Crippen LogP contribution is 2.25. The van der Waals surface area contributed by atoms with Gasteiger partial charge in [-0.25, -0.2) is 0 Å². The highest BCUT2D eigenvalue weighted by atomic mass is 16.2. The monoisotopic (exact) mass is 259 g/mol. The van der Waals surface area contributed by atoms with Crippen LogP contribution in [0.1, 0.15) is 38.1 Å². The van der Waals surface area contributed by atoms with E-state index in [-0.39, 0.29) is 17.4 Å². The number of para-hydroxylation sites is 1. The van der Waals surface area contributed by atoms with Crippen LogP contribution in [-0.4, -0.2) is 34.1 Å². The Hall–Kier alpha value is -1.84. The van der Waals surface area contributed by atoms with Gasteiger partial charge in [0, 0.05) is 18.5 Å². The first kappa shape index (κ1) is 13.6. The Morgan fingerprint density at radius 2 is 2.05 bits per heavy atom. The van der Waals surface area contributed by atoms with Crippen LogP contribution in [0.2, 0.25) is 0 Å². The summed E-state index contributed by atoms with van der Waals surface area (Å²) in [5, 5.41) is 7.87. The molecule has 0 fully saturated rings. The normalized spacial score (nSPS) is 13.5. The first-order valence-electron chi connectivity index (χ1n) is 6.51. The van der Waals surface area contributed by atoms with Crippen LogP contribution in [0.5, 0.6) is 0 Å². The molecule has 2 rings (SSSR count). The minimum atomic E-state index is 0.0253. The second kappa shape index (κ2) is 4.68. The molecule has 1 aromatic carbocycles. The fourth-order valence-corrected chi connectivity index (χ4v) is 2.09. The van der Waals surface area contributed by atoms with Gasteiger partial charge in [-0.2, -0.15) is 5.10 Å². The summed E-state index contributed by atoms with van der Waals surface area (Å²) >= 11 is 0. The number of carbonyl (C=O) groups excluding carboxylic acids is 1. The molecule has 1 amide bonds. The summed E-state index contributed by atoms with van der Waals surface area (Å²) in [6.45, 7) is 8.49. The van der Waals surface area contributed by atoms with Crippen molar-refractivity contribution < 1.29 is 4.79 Å². The Labute approximate surface area is 113 Å². The van der Waals surface area contributed by atoms with Crippen molar-refractivity contribution in [1.29, 1.82) is 0 Å². The van der Waals surface area contributed by atoms with Gasteiger partial charge in [0.25, 0.3) is 5.91 Å². The third-order valence-corrected chi connectivity index (χ3v) is 3.86. The molecule has 0 aliphatic carbocycles. The third-order valence-electron chi connectivity index (χ3n) is 3.86. The molecule has 0 unspecified atom stereocenters. The maximum absolute atomic E-state index is 12.6. The van der Waals surface area contributed by atoms with Crippen molar-refractivity contribution in [2.75, 3.05) is 7.05 Å². The molecular formula is C15H21N3O. The standard InChI is InChI=1S/C15H21N3O/c1-10(15(2,3)4)18(5)14(19)12-8-6-7-11-9-16-17-13(11)12/h6-10H,1-5H3,(H,16,17)/t10-/m0/s1. The van der Waals surface area contributed by atoms with Crippen molar-refractivity contribution in [3.05, 3.63) is 30.0 Å². The molecule has 0 bridgehead atoms. The number of aromatic amines is 1. The van der Waals surface area contributed by atoms with Crippen LogP contribution in [0.3, 0.4) is 0 Å². The molecule has 4 nitrogen and oxygen atoms in total. The zero-order valence-corrected chi connectivity index (χ0v) is 12.2. The third kappa shape index (κ3) is 2.48. The molecule has 4 heteroatoms. The lowest BCUT2D eigenvalue weighted by molar-refractivity contribution is 0.0631. The molecule has 0 spiro atoms. The van der Waals surface area contributed by atoms with Crippen LogP contribution < -0.4 is 0 Å². The maximum atomic E-state index is 12.6.